The van der Waals surface area contributed by atoms with E-state index in [1.807, 2.05) is 0 Å². The van der Waals surface area contributed by atoms with Gasteiger partial charge in [-0.2, -0.15) is 4.98 Å². The van der Waals surface area contributed by atoms with E-state index < -0.39 is 16.9 Å². The van der Waals surface area contributed by atoms with Crippen molar-refractivity contribution >= 4 is 40.7 Å². The zero-order valence-corrected chi connectivity index (χ0v) is 17.0. The Bertz CT molecular complexity index is 1240. The van der Waals surface area contributed by atoms with Crippen LogP contribution in [0.15, 0.2) is 53.7 Å². The Kier molecular flexibility index (Phi) is 4.92. The van der Waals surface area contributed by atoms with Crippen LogP contribution in [-0.4, -0.2) is 25.6 Å². The fraction of sp³-hybridized carbons (Fsp3) is 0.105. The molecule has 1 atom stereocenters. The predicted molar refractivity (Wildman–Crippen MR) is 112 cm³/mol. The molecule has 1 aromatic heterocycles. The van der Waals surface area contributed by atoms with Gasteiger partial charge in [-0.05, 0) is 30.7 Å². The number of fused-ring (bicyclic) bond motifs is 1. The summed E-state index contributed by atoms with van der Waals surface area (Å²) in [6, 6.07) is 10.1. The molecular weight excluding hydrogens is 431 g/mol. The minimum atomic E-state index is -0.789. The number of hydrogen-bond donors (Lipinski definition) is 2. The standard InChI is InChI=1S/C19H14Cl2N6O3/c1-9-15(17(22)28)16(10-3-2-4-12(7-10)27(29)30)26-19(23-9)24-18(25-26)11-5-6-13(20)14(21)8-11/h2-8,16H,1H3,(H2,22,28)(H,23,24,25). The minimum absolute atomic E-state index is 0.112. The van der Waals surface area contributed by atoms with E-state index in [2.05, 4.69) is 15.4 Å². The molecule has 0 aliphatic carbocycles. The van der Waals surface area contributed by atoms with Crippen molar-refractivity contribution in [1.82, 2.24) is 14.8 Å². The molecule has 1 amide bonds. The number of primary amides is 1. The molecule has 11 heteroatoms. The topological polar surface area (TPSA) is 129 Å². The molecule has 3 N–H and O–H groups in total. The lowest BCUT2D eigenvalue weighted by Crippen LogP contribution is -2.31. The number of aromatic nitrogens is 3. The fourth-order valence-electron chi connectivity index (χ4n) is 3.34. The molecule has 9 nitrogen and oxygen atoms in total. The van der Waals surface area contributed by atoms with Crippen LogP contribution in [-0.2, 0) is 4.79 Å². The molecule has 2 aromatic carbocycles. The van der Waals surface area contributed by atoms with Crippen LogP contribution in [0.25, 0.3) is 11.4 Å². The van der Waals surface area contributed by atoms with Crippen LogP contribution >= 0.6 is 23.2 Å². The van der Waals surface area contributed by atoms with Crippen molar-refractivity contribution in [2.75, 3.05) is 5.32 Å². The summed E-state index contributed by atoms with van der Waals surface area (Å²) in [5.41, 5.74) is 7.33. The maximum atomic E-state index is 12.2. The fourth-order valence-corrected chi connectivity index (χ4v) is 3.64. The molecule has 2 heterocycles. The highest BCUT2D eigenvalue weighted by molar-refractivity contribution is 6.42. The number of nitrogens with zero attached hydrogens (tertiary/aromatic N) is 4. The molecule has 0 saturated heterocycles. The van der Waals surface area contributed by atoms with Gasteiger partial charge in [0.15, 0.2) is 5.82 Å². The first-order valence-electron chi connectivity index (χ1n) is 8.70. The van der Waals surface area contributed by atoms with Gasteiger partial charge in [0.1, 0.15) is 6.04 Å². The van der Waals surface area contributed by atoms with Gasteiger partial charge in [-0.1, -0.05) is 35.3 Å². The maximum Gasteiger partial charge on any atom is 0.269 e. The Morgan fingerprint density at radius 1 is 1.23 bits per heavy atom. The molecule has 0 spiro atoms. The summed E-state index contributed by atoms with van der Waals surface area (Å²) in [6.07, 6.45) is 0. The monoisotopic (exact) mass is 444 g/mol. The van der Waals surface area contributed by atoms with Crippen LogP contribution in [0.5, 0.6) is 0 Å². The summed E-state index contributed by atoms with van der Waals surface area (Å²) in [4.78, 5) is 27.5. The van der Waals surface area contributed by atoms with Crippen LogP contribution < -0.4 is 11.1 Å². The third kappa shape index (κ3) is 3.38. The second kappa shape index (κ2) is 7.43. The molecule has 4 rings (SSSR count). The molecule has 0 radical (unpaired) electrons. The number of anilines is 1. The van der Waals surface area contributed by atoms with Crippen molar-refractivity contribution in [2.45, 2.75) is 13.0 Å². The molecule has 0 fully saturated rings. The Labute approximate surface area is 180 Å². The number of nitrogens with one attached hydrogen (secondary N) is 1. The lowest BCUT2D eigenvalue weighted by Gasteiger charge is -2.27. The van der Waals surface area contributed by atoms with Crippen molar-refractivity contribution in [1.29, 1.82) is 0 Å². The third-order valence-electron chi connectivity index (χ3n) is 4.69. The summed E-state index contributed by atoms with van der Waals surface area (Å²) >= 11 is 12.1. The maximum absolute atomic E-state index is 12.2. The van der Waals surface area contributed by atoms with Gasteiger partial charge in [0.05, 0.1) is 20.5 Å². The lowest BCUT2D eigenvalue weighted by molar-refractivity contribution is -0.384. The van der Waals surface area contributed by atoms with Crippen molar-refractivity contribution in [3.05, 3.63) is 79.5 Å². The van der Waals surface area contributed by atoms with Gasteiger partial charge in [0.25, 0.3) is 5.69 Å². The average molecular weight is 445 g/mol. The highest BCUT2D eigenvalue weighted by Gasteiger charge is 2.34. The molecule has 1 aliphatic rings. The smallest absolute Gasteiger partial charge is 0.269 e. The molecule has 30 heavy (non-hydrogen) atoms. The van der Waals surface area contributed by atoms with E-state index in [4.69, 9.17) is 28.9 Å². The molecule has 1 unspecified atom stereocenters. The second-order valence-corrected chi connectivity index (χ2v) is 7.43. The quantitative estimate of drug-likeness (QED) is 0.463. The van der Waals surface area contributed by atoms with Gasteiger partial charge in [0, 0.05) is 23.4 Å². The SMILES string of the molecule is CC1=C(C(N)=O)C(c2cccc([N+](=O)[O-])c2)n2nc(-c3ccc(Cl)c(Cl)c3)nc2N1. The van der Waals surface area contributed by atoms with Crippen LogP contribution in [0.1, 0.15) is 18.5 Å². The number of benzene rings is 2. The number of nitro benzene ring substituents is 1. The first-order valence-corrected chi connectivity index (χ1v) is 9.45. The van der Waals surface area contributed by atoms with E-state index in [0.29, 0.717) is 38.6 Å². The summed E-state index contributed by atoms with van der Waals surface area (Å²) in [7, 11) is 0. The minimum Gasteiger partial charge on any atom is -0.366 e. The van der Waals surface area contributed by atoms with Gasteiger partial charge >= 0.3 is 0 Å². The van der Waals surface area contributed by atoms with E-state index in [-0.39, 0.29) is 11.3 Å². The Hall–Kier alpha value is -3.43. The zero-order chi connectivity index (χ0) is 21.6. The summed E-state index contributed by atoms with van der Waals surface area (Å²) in [6.45, 7) is 1.68. The molecule has 3 aromatic rings. The molecule has 152 valence electrons. The van der Waals surface area contributed by atoms with Crippen molar-refractivity contribution in [3.8, 4) is 11.4 Å². The highest BCUT2D eigenvalue weighted by Crippen LogP contribution is 2.37. The van der Waals surface area contributed by atoms with Crippen LogP contribution in [0, 0.1) is 10.1 Å². The largest absolute Gasteiger partial charge is 0.366 e. The summed E-state index contributed by atoms with van der Waals surface area (Å²) < 4.78 is 1.48. The molecular formula is C19H14Cl2N6O3. The molecule has 1 aliphatic heterocycles. The van der Waals surface area contributed by atoms with Gasteiger partial charge in [-0.3, -0.25) is 14.9 Å². The Morgan fingerprint density at radius 3 is 2.67 bits per heavy atom. The Morgan fingerprint density at radius 2 is 2.00 bits per heavy atom. The van der Waals surface area contributed by atoms with E-state index in [1.165, 1.54) is 16.8 Å². The first-order chi connectivity index (χ1) is 14.3. The number of carbonyl (C=O) groups is 1. The van der Waals surface area contributed by atoms with Crippen molar-refractivity contribution in [3.63, 3.8) is 0 Å². The van der Waals surface area contributed by atoms with E-state index >= 15 is 0 Å². The van der Waals surface area contributed by atoms with Crippen LogP contribution in [0.2, 0.25) is 10.0 Å². The van der Waals surface area contributed by atoms with Crippen molar-refractivity contribution in [2.24, 2.45) is 5.73 Å². The van der Waals surface area contributed by atoms with Gasteiger partial charge in [0.2, 0.25) is 11.9 Å². The zero-order valence-electron chi connectivity index (χ0n) is 15.5. The molecule has 0 bridgehead atoms. The van der Waals surface area contributed by atoms with Crippen LogP contribution in [0.4, 0.5) is 11.6 Å². The van der Waals surface area contributed by atoms with E-state index in [1.54, 1.807) is 37.3 Å². The highest BCUT2D eigenvalue weighted by atomic mass is 35.5. The third-order valence-corrected chi connectivity index (χ3v) is 5.43. The van der Waals surface area contributed by atoms with Crippen LogP contribution in [0.3, 0.4) is 0 Å². The average Bonchev–Trinajstić information content (AvgIpc) is 3.12. The predicted octanol–water partition coefficient (Wildman–Crippen LogP) is 3.93. The number of nitro groups is 1. The van der Waals surface area contributed by atoms with Gasteiger partial charge < -0.3 is 11.1 Å². The number of hydrogen-bond acceptors (Lipinski definition) is 6. The number of nitrogens with two attached hydrogens (primary N) is 1. The first kappa shape index (κ1) is 19.9. The summed E-state index contributed by atoms with van der Waals surface area (Å²) in [5, 5.41) is 19.5. The molecule has 0 saturated carbocycles. The van der Waals surface area contributed by atoms with E-state index in [9.17, 15) is 14.9 Å². The lowest BCUT2D eigenvalue weighted by atomic mass is 9.95. The number of allylic oxidation sites excluding steroid dienone is 1. The summed E-state index contributed by atoms with van der Waals surface area (Å²) in [5.74, 6) is 0.0221. The number of rotatable bonds is 4. The number of non-ortho nitro benzene ring substituents is 1. The second-order valence-electron chi connectivity index (χ2n) is 6.62. The van der Waals surface area contributed by atoms with Crippen molar-refractivity contribution < 1.29 is 9.72 Å². The number of amides is 1. The normalized spacial score (nSPS) is 15.5. The van der Waals surface area contributed by atoms with Gasteiger partial charge in [-0.25, -0.2) is 4.68 Å². The van der Waals surface area contributed by atoms with Gasteiger partial charge in [-0.15, -0.1) is 5.10 Å². The number of halogens is 2. The Balaban J connectivity index is 1.89. The number of carbonyl (C=O) groups excluding carboxylic acids is 1. The van der Waals surface area contributed by atoms with E-state index in [0.717, 1.165) is 0 Å².